The lowest BCUT2D eigenvalue weighted by atomic mass is 10.1. The van der Waals surface area contributed by atoms with Gasteiger partial charge in [0.1, 0.15) is 6.10 Å². The Bertz CT molecular complexity index is 456. The molecule has 0 aliphatic rings. The molecule has 0 saturated heterocycles. The second-order valence-corrected chi connectivity index (χ2v) is 3.72. The molecule has 2 N–H and O–H groups in total. The normalized spacial score (nSPS) is 12.1. The lowest BCUT2D eigenvalue weighted by molar-refractivity contribution is 0.216. The summed E-state index contributed by atoms with van der Waals surface area (Å²) in [7, 11) is 0. The quantitative estimate of drug-likeness (QED) is 0.871. The molecule has 0 fully saturated rings. The zero-order valence-corrected chi connectivity index (χ0v) is 9.71. The first-order chi connectivity index (χ1) is 8.29. The van der Waals surface area contributed by atoms with Crippen LogP contribution in [0.3, 0.4) is 0 Å². The standard InChI is InChI=1S/C13H15N3O/c1-10(11-5-3-2-4-6-11)17-13-9-15-12(7-14)8-16-13/h2-6,8-10H,7,14H2,1H3. The van der Waals surface area contributed by atoms with Crippen LogP contribution in [0.25, 0.3) is 0 Å². The summed E-state index contributed by atoms with van der Waals surface area (Å²) in [4.78, 5) is 8.28. The molecule has 1 unspecified atom stereocenters. The van der Waals surface area contributed by atoms with Gasteiger partial charge in [0.15, 0.2) is 0 Å². The molecule has 0 radical (unpaired) electrons. The second-order valence-electron chi connectivity index (χ2n) is 3.72. The van der Waals surface area contributed by atoms with Gasteiger partial charge in [-0.3, -0.25) is 4.98 Å². The van der Waals surface area contributed by atoms with Crippen molar-refractivity contribution in [3.63, 3.8) is 0 Å². The summed E-state index contributed by atoms with van der Waals surface area (Å²) in [6, 6.07) is 9.99. The molecule has 1 aromatic heterocycles. The molecule has 0 amide bonds. The summed E-state index contributed by atoms with van der Waals surface area (Å²) in [5.41, 5.74) is 7.31. The van der Waals surface area contributed by atoms with Gasteiger partial charge in [-0.25, -0.2) is 4.98 Å². The number of nitrogens with two attached hydrogens (primary N) is 1. The van der Waals surface area contributed by atoms with Gasteiger partial charge < -0.3 is 10.5 Å². The van der Waals surface area contributed by atoms with Crippen molar-refractivity contribution in [2.24, 2.45) is 5.73 Å². The molecular formula is C13H15N3O. The van der Waals surface area contributed by atoms with Crippen molar-refractivity contribution in [3.05, 3.63) is 54.0 Å². The highest BCUT2D eigenvalue weighted by molar-refractivity contribution is 5.18. The van der Waals surface area contributed by atoms with Crippen LogP contribution in [-0.2, 0) is 6.54 Å². The van der Waals surface area contributed by atoms with Crippen LogP contribution in [0, 0.1) is 0 Å². The van der Waals surface area contributed by atoms with Crippen LogP contribution >= 0.6 is 0 Å². The topological polar surface area (TPSA) is 61.0 Å². The number of benzene rings is 1. The fourth-order valence-electron chi connectivity index (χ4n) is 1.48. The molecular weight excluding hydrogens is 214 g/mol. The minimum atomic E-state index is -0.0470. The molecule has 17 heavy (non-hydrogen) atoms. The van der Waals surface area contributed by atoms with Crippen molar-refractivity contribution in [3.8, 4) is 5.88 Å². The van der Waals surface area contributed by atoms with Crippen LogP contribution in [0.5, 0.6) is 5.88 Å². The van der Waals surface area contributed by atoms with Crippen molar-refractivity contribution in [1.82, 2.24) is 9.97 Å². The summed E-state index contributed by atoms with van der Waals surface area (Å²) in [6.45, 7) is 2.37. The number of nitrogens with zero attached hydrogens (tertiary/aromatic N) is 2. The highest BCUT2D eigenvalue weighted by Gasteiger charge is 2.07. The Kier molecular flexibility index (Phi) is 3.67. The molecule has 0 spiro atoms. The number of rotatable bonds is 4. The Morgan fingerprint density at radius 1 is 1.18 bits per heavy atom. The summed E-state index contributed by atoms with van der Waals surface area (Å²) in [6.07, 6.45) is 3.18. The third-order valence-corrected chi connectivity index (χ3v) is 2.46. The smallest absolute Gasteiger partial charge is 0.232 e. The molecule has 2 rings (SSSR count). The summed E-state index contributed by atoms with van der Waals surface area (Å²) in [5, 5.41) is 0. The van der Waals surface area contributed by atoms with E-state index >= 15 is 0 Å². The molecule has 0 aliphatic heterocycles. The molecule has 4 heteroatoms. The van der Waals surface area contributed by atoms with Crippen molar-refractivity contribution in [2.45, 2.75) is 19.6 Å². The average Bonchev–Trinajstić information content (AvgIpc) is 2.40. The Hall–Kier alpha value is -1.94. The molecule has 1 atom stereocenters. The zero-order chi connectivity index (χ0) is 12.1. The van der Waals surface area contributed by atoms with E-state index in [9.17, 15) is 0 Å². The van der Waals surface area contributed by atoms with Crippen molar-refractivity contribution < 1.29 is 4.74 Å². The van der Waals surface area contributed by atoms with E-state index in [1.54, 1.807) is 12.4 Å². The highest BCUT2D eigenvalue weighted by Crippen LogP contribution is 2.18. The molecule has 1 aromatic carbocycles. The van der Waals surface area contributed by atoms with E-state index in [0.29, 0.717) is 12.4 Å². The Balaban J connectivity index is 2.05. The third kappa shape index (κ3) is 3.01. The fourth-order valence-corrected chi connectivity index (χ4v) is 1.48. The monoisotopic (exact) mass is 229 g/mol. The van der Waals surface area contributed by atoms with Gasteiger partial charge in [0.05, 0.1) is 18.1 Å². The van der Waals surface area contributed by atoms with Crippen LogP contribution in [0.1, 0.15) is 24.3 Å². The average molecular weight is 229 g/mol. The van der Waals surface area contributed by atoms with Gasteiger partial charge in [0.25, 0.3) is 0 Å². The fraction of sp³-hybridized carbons (Fsp3) is 0.231. The molecule has 0 bridgehead atoms. The van der Waals surface area contributed by atoms with Crippen LogP contribution in [0.2, 0.25) is 0 Å². The summed E-state index contributed by atoms with van der Waals surface area (Å²) >= 11 is 0. The maximum Gasteiger partial charge on any atom is 0.232 e. The van der Waals surface area contributed by atoms with Crippen LogP contribution < -0.4 is 10.5 Å². The van der Waals surface area contributed by atoms with Gasteiger partial charge in [0.2, 0.25) is 5.88 Å². The summed E-state index contributed by atoms with van der Waals surface area (Å²) in [5.74, 6) is 0.513. The minimum Gasteiger partial charge on any atom is -0.469 e. The molecule has 0 aliphatic carbocycles. The molecule has 4 nitrogen and oxygen atoms in total. The van der Waals surface area contributed by atoms with Crippen molar-refractivity contribution in [1.29, 1.82) is 0 Å². The third-order valence-electron chi connectivity index (χ3n) is 2.46. The minimum absolute atomic E-state index is 0.0470. The van der Waals surface area contributed by atoms with Crippen LogP contribution in [0.4, 0.5) is 0 Å². The van der Waals surface area contributed by atoms with Gasteiger partial charge in [-0.1, -0.05) is 30.3 Å². The first kappa shape index (κ1) is 11.5. The number of aromatic nitrogens is 2. The van der Waals surface area contributed by atoms with Gasteiger partial charge in [-0.15, -0.1) is 0 Å². The van der Waals surface area contributed by atoms with E-state index in [4.69, 9.17) is 10.5 Å². The Labute approximate surface area is 100 Å². The number of hydrogen-bond acceptors (Lipinski definition) is 4. The Morgan fingerprint density at radius 2 is 1.94 bits per heavy atom. The van der Waals surface area contributed by atoms with E-state index in [0.717, 1.165) is 11.3 Å². The van der Waals surface area contributed by atoms with Gasteiger partial charge >= 0.3 is 0 Å². The maximum absolute atomic E-state index is 5.69. The second kappa shape index (κ2) is 5.41. The molecule has 1 heterocycles. The molecule has 88 valence electrons. The SMILES string of the molecule is CC(Oc1cnc(CN)cn1)c1ccccc1. The highest BCUT2D eigenvalue weighted by atomic mass is 16.5. The lowest BCUT2D eigenvalue weighted by Gasteiger charge is -2.13. The predicted molar refractivity (Wildman–Crippen MR) is 65.4 cm³/mol. The largest absolute Gasteiger partial charge is 0.469 e. The van der Waals surface area contributed by atoms with Crippen LogP contribution in [0.15, 0.2) is 42.7 Å². The van der Waals surface area contributed by atoms with Gasteiger partial charge in [-0.05, 0) is 12.5 Å². The molecule has 2 aromatic rings. The van der Waals surface area contributed by atoms with E-state index < -0.39 is 0 Å². The van der Waals surface area contributed by atoms with Crippen molar-refractivity contribution in [2.75, 3.05) is 0 Å². The number of ether oxygens (including phenoxy) is 1. The molecule has 0 saturated carbocycles. The lowest BCUT2D eigenvalue weighted by Crippen LogP contribution is -2.06. The first-order valence-electron chi connectivity index (χ1n) is 5.52. The number of hydrogen-bond donors (Lipinski definition) is 1. The van der Waals surface area contributed by atoms with Gasteiger partial charge in [-0.2, -0.15) is 0 Å². The first-order valence-corrected chi connectivity index (χ1v) is 5.52. The van der Waals surface area contributed by atoms with Gasteiger partial charge in [0, 0.05) is 6.54 Å². The van der Waals surface area contributed by atoms with E-state index in [2.05, 4.69) is 9.97 Å². The van der Waals surface area contributed by atoms with Crippen LogP contribution in [-0.4, -0.2) is 9.97 Å². The van der Waals surface area contributed by atoms with Crippen molar-refractivity contribution >= 4 is 0 Å². The maximum atomic E-state index is 5.69. The summed E-state index contributed by atoms with van der Waals surface area (Å²) < 4.78 is 5.69. The van der Waals surface area contributed by atoms with E-state index in [1.807, 2.05) is 37.3 Å². The predicted octanol–water partition coefficient (Wildman–Crippen LogP) is 2.08. The van der Waals surface area contributed by atoms with E-state index in [1.165, 1.54) is 0 Å². The zero-order valence-electron chi connectivity index (χ0n) is 9.71. The van der Waals surface area contributed by atoms with E-state index in [-0.39, 0.29) is 6.10 Å². The Morgan fingerprint density at radius 3 is 2.53 bits per heavy atom.